The first-order chi connectivity index (χ1) is 13.3. The molecule has 0 spiro atoms. The van der Waals surface area contributed by atoms with E-state index < -0.39 is 11.3 Å². The zero-order chi connectivity index (χ0) is 20.6. The molecular weight excluding hydrogens is 384 g/mol. The summed E-state index contributed by atoms with van der Waals surface area (Å²) in [4.78, 5) is 28.3. The van der Waals surface area contributed by atoms with Gasteiger partial charge in [0.1, 0.15) is 17.2 Å². The number of oxime groups is 1. The van der Waals surface area contributed by atoms with Gasteiger partial charge in [0.15, 0.2) is 6.61 Å². The van der Waals surface area contributed by atoms with Crippen LogP contribution in [0.5, 0.6) is 0 Å². The number of nitrogens with two attached hydrogens (primary N) is 2. The van der Waals surface area contributed by atoms with Crippen molar-refractivity contribution in [3.8, 4) is 0 Å². The van der Waals surface area contributed by atoms with Gasteiger partial charge in [-0.3, -0.25) is 10.2 Å². The van der Waals surface area contributed by atoms with Gasteiger partial charge in [0.2, 0.25) is 5.91 Å². The maximum atomic E-state index is 11.9. The van der Waals surface area contributed by atoms with Crippen LogP contribution >= 0.6 is 11.8 Å². The van der Waals surface area contributed by atoms with E-state index in [0.29, 0.717) is 25.3 Å². The Kier molecular flexibility index (Phi) is 7.89. The summed E-state index contributed by atoms with van der Waals surface area (Å²) in [6.45, 7) is 2.67. The number of hydrogen-bond acceptors (Lipinski definition) is 8. The van der Waals surface area contributed by atoms with Gasteiger partial charge in [-0.25, -0.2) is 4.79 Å². The molecule has 0 bridgehead atoms. The van der Waals surface area contributed by atoms with Crippen molar-refractivity contribution in [3.63, 3.8) is 0 Å². The van der Waals surface area contributed by atoms with E-state index in [-0.39, 0.29) is 29.6 Å². The molecule has 9 N–H and O–H groups in total. The van der Waals surface area contributed by atoms with Crippen LogP contribution in [0.4, 0.5) is 4.79 Å². The number of urea groups is 1. The molecule has 2 heterocycles. The zero-order valence-electron chi connectivity index (χ0n) is 16.0. The van der Waals surface area contributed by atoms with Gasteiger partial charge < -0.3 is 37.6 Å². The minimum absolute atomic E-state index is 0.00832. The van der Waals surface area contributed by atoms with Crippen LogP contribution in [0.1, 0.15) is 32.6 Å². The number of amides is 3. The van der Waals surface area contributed by atoms with E-state index in [1.807, 2.05) is 0 Å². The van der Waals surface area contributed by atoms with Crippen LogP contribution in [-0.4, -0.2) is 66.0 Å². The van der Waals surface area contributed by atoms with Gasteiger partial charge in [0, 0.05) is 36.7 Å². The predicted molar refractivity (Wildman–Crippen MR) is 109 cm³/mol. The fourth-order valence-corrected chi connectivity index (χ4v) is 4.82. The predicted octanol–water partition coefficient (Wildman–Crippen LogP) is -1.01. The molecule has 2 aliphatic heterocycles. The number of fused-ring (bicyclic) bond motifs is 1. The SMILES string of the molecule is C/C=N/OCC(=N)NCCNC(=O)CCCC[C@@H]1SC[C@]2(N)NC(=O)N[C@]12N. The zero-order valence-corrected chi connectivity index (χ0v) is 16.9. The molecular formula is C16H30N8O3S. The van der Waals surface area contributed by atoms with Gasteiger partial charge in [-0.15, -0.1) is 0 Å². The maximum Gasteiger partial charge on any atom is 0.317 e. The third-order valence-corrected chi connectivity index (χ3v) is 6.34. The number of nitrogens with zero attached hydrogens (tertiary/aromatic N) is 1. The summed E-state index contributed by atoms with van der Waals surface area (Å²) in [5.74, 6) is 0.727. The fraction of sp³-hybridized carbons (Fsp3) is 0.750. The summed E-state index contributed by atoms with van der Waals surface area (Å²) in [6.07, 6.45) is 4.23. The Hall–Kier alpha value is -2.05. The molecule has 2 rings (SSSR count). The van der Waals surface area contributed by atoms with Crippen LogP contribution in [0.2, 0.25) is 0 Å². The molecule has 0 aromatic carbocycles. The van der Waals surface area contributed by atoms with E-state index in [9.17, 15) is 9.59 Å². The van der Waals surface area contributed by atoms with Gasteiger partial charge in [-0.2, -0.15) is 11.8 Å². The lowest BCUT2D eigenvalue weighted by Gasteiger charge is -2.35. The van der Waals surface area contributed by atoms with Crippen molar-refractivity contribution in [1.82, 2.24) is 21.3 Å². The normalized spacial score (nSPS) is 28.5. The first-order valence-electron chi connectivity index (χ1n) is 9.28. The van der Waals surface area contributed by atoms with Crippen molar-refractivity contribution in [2.24, 2.45) is 16.6 Å². The highest BCUT2D eigenvalue weighted by atomic mass is 32.2. The number of hydrogen-bond donors (Lipinski definition) is 7. The molecule has 2 fully saturated rings. The fourth-order valence-electron chi connectivity index (χ4n) is 3.18. The molecule has 3 amide bonds. The van der Waals surface area contributed by atoms with E-state index in [1.54, 1.807) is 18.7 Å². The highest BCUT2D eigenvalue weighted by Crippen LogP contribution is 2.42. The molecule has 28 heavy (non-hydrogen) atoms. The average molecular weight is 415 g/mol. The highest BCUT2D eigenvalue weighted by molar-refractivity contribution is 8.00. The third-order valence-electron chi connectivity index (χ3n) is 4.71. The molecule has 0 aromatic rings. The molecule has 0 aliphatic carbocycles. The quantitative estimate of drug-likeness (QED) is 0.0743. The highest BCUT2D eigenvalue weighted by Gasteiger charge is 2.62. The lowest BCUT2D eigenvalue weighted by atomic mass is 9.91. The molecule has 0 radical (unpaired) electrons. The van der Waals surface area contributed by atoms with Crippen LogP contribution in [0, 0.1) is 5.41 Å². The smallest absolute Gasteiger partial charge is 0.317 e. The second-order valence-corrected chi connectivity index (χ2v) is 8.05. The molecule has 3 atom stereocenters. The molecule has 0 saturated carbocycles. The molecule has 0 aromatic heterocycles. The molecule has 11 nitrogen and oxygen atoms in total. The number of amidine groups is 1. The Balaban J connectivity index is 1.55. The van der Waals surface area contributed by atoms with Crippen LogP contribution in [0.3, 0.4) is 0 Å². The van der Waals surface area contributed by atoms with Crippen LogP contribution < -0.4 is 32.7 Å². The number of nitrogens with one attached hydrogen (secondary N) is 5. The second-order valence-electron chi connectivity index (χ2n) is 6.86. The molecule has 2 saturated heterocycles. The topological polar surface area (TPSA) is 180 Å². The van der Waals surface area contributed by atoms with Crippen molar-refractivity contribution < 1.29 is 14.4 Å². The maximum absolute atomic E-state index is 11.9. The summed E-state index contributed by atoms with van der Waals surface area (Å²) in [6, 6.07) is -0.332. The first-order valence-corrected chi connectivity index (χ1v) is 10.3. The standard InChI is InChI=1S/C16H30N8O3S/c1-2-22-27-9-12(17)20-7-8-21-13(25)6-4-3-5-11-16(19)15(18,10-28-11)23-14(26)24-16/h2,11H,3-10,18-19H2,1H3,(H2,17,20)(H,21,25)(H2,23,24,26)/b22-2+/t11-,15-,16+/m0/s1. The van der Waals surface area contributed by atoms with Gasteiger partial charge in [0.05, 0.1) is 0 Å². The molecule has 12 heteroatoms. The van der Waals surface area contributed by atoms with Gasteiger partial charge >= 0.3 is 6.03 Å². The van der Waals surface area contributed by atoms with E-state index >= 15 is 0 Å². The lowest BCUT2D eigenvalue weighted by molar-refractivity contribution is -0.121. The number of rotatable bonds is 11. The molecule has 158 valence electrons. The second kappa shape index (κ2) is 9.94. The minimum Gasteiger partial charge on any atom is -0.388 e. The monoisotopic (exact) mass is 414 g/mol. The van der Waals surface area contributed by atoms with Crippen LogP contribution in [0.15, 0.2) is 5.16 Å². The largest absolute Gasteiger partial charge is 0.388 e. The van der Waals surface area contributed by atoms with E-state index in [2.05, 4.69) is 26.4 Å². The van der Waals surface area contributed by atoms with E-state index in [1.165, 1.54) is 6.21 Å². The van der Waals surface area contributed by atoms with Gasteiger partial charge in [-0.05, 0) is 19.8 Å². The van der Waals surface area contributed by atoms with Crippen molar-refractivity contribution in [2.75, 3.05) is 25.4 Å². The van der Waals surface area contributed by atoms with E-state index in [4.69, 9.17) is 21.7 Å². The Morgan fingerprint density at radius 3 is 2.89 bits per heavy atom. The van der Waals surface area contributed by atoms with Crippen molar-refractivity contribution in [3.05, 3.63) is 0 Å². The number of carbonyl (C=O) groups excluding carboxylic acids is 2. The summed E-state index contributed by atoms with van der Waals surface area (Å²) in [7, 11) is 0. The van der Waals surface area contributed by atoms with Gasteiger partial charge in [0.25, 0.3) is 0 Å². The van der Waals surface area contributed by atoms with Crippen LogP contribution in [-0.2, 0) is 9.63 Å². The van der Waals surface area contributed by atoms with Gasteiger partial charge in [-0.1, -0.05) is 11.6 Å². The Morgan fingerprint density at radius 2 is 2.14 bits per heavy atom. The van der Waals surface area contributed by atoms with Crippen molar-refractivity contribution >= 4 is 35.8 Å². The summed E-state index contributed by atoms with van der Waals surface area (Å²) < 4.78 is 0. The molecule has 2 aliphatic rings. The lowest BCUT2D eigenvalue weighted by Crippen LogP contribution is -2.72. The van der Waals surface area contributed by atoms with E-state index in [0.717, 1.165) is 19.3 Å². The Labute approximate surface area is 168 Å². The minimum atomic E-state index is -0.959. The Bertz CT molecular complexity index is 619. The summed E-state index contributed by atoms with van der Waals surface area (Å²) >= 11 is 1.64. The van der Waals surface area contributed by atoms with Crippen LogP contribution in [0.25, 0.3) is 0 Å². The molecule has 0 unspecified atom stereocenters. The average Bonchev–Trinajstić information content (AvgIpc) is 3.00. The van der Waals surface area contributed by atoms with Crippen molar-refractivity contribution in [1.29, 1.82) is 5.41 Å². The summed E-state index contributed by atoms with van der Waals surface area (Å²) in [5, 5.41) is 22.2. The summed E-state index contributed by atoms with van der Waals surface area (Å²) in [5.41, 5.74) is 10.7. The third kappa shape index (κ3) is 5.49. The Morgan fingerprint density at radius 1 is 1.39 bits per heavy atom. The number of thioether (sulfide) groups is 1. The first kappa shape index (κ1) is 22.2. The van der Waals surface area contributed by atoms with Crippen molar-refractivity contribution in [2.45, 2.75) is 49.2 Å². The number of carbonyl (C=O) groups is 2. The number of unbranched alkanes of at least 4 members (excludes halogenated alkanes) is 1.